The highest BCUT2D eigenvalue weighted by molar-refractivity contribution is 5.80. The number of hydrogen-bond acceptors (Lipinski definition) is 4. The van der Waals surface area contributed by atoms with Crippen molar-refractivity contribution in [2.45, 2.75) is 12.8 Å². The number of rotatable bonds is 3. The van der Waals surface area contributed by atoms with Gasteiger partial charge in [0.05, 0.1) is 16.5 Å². The van der Waals surface area contributed by atoms with Gasteiger partial charge in [-0.3, -0.25) is 13.8 Å². The topological polar surface area (TPSA) is 61.4 Å². The molecule has 0 amide bonds. The van der Waals surface area contributed by atoms with E-state index in [0.717, 1.165) is 12.1 Å². The van der Waals surface area contributed by atoms with Crippen LogP contribution in [0, 0.1) is 0 Å². The Balaban J connectivity index is 1.70. The molecule has 4 aromatic rings. The van der Waals surface area contributed by atoms with Crippen molar-refractivity contribution in [3.05, 3.63) is 70.3 Å². The smallest absolute Gasteiger partial charge is 0.416 e. The van der Waals surface area contributed by atoms with Crippen LogP contribution in [0.4, 0.5) is 13.2 Å². The molecule has 0 aliphatic carbocycles. The SMILES string of the molecule is Cn1c(=O)c2ccccc2n2c(COc3ccc(C(F)(F)F)cc3)nnc12. The summed E-state index contributed by atoms with van der Waals surface area (Å²) in [6, 6.07) is 11.4. The molecule has 0 saturated carbocycles. The predicted molar refractivity (Wildman–Crippen MR) is 91.5 cm³/mol. The van der Waals surface area contributed by atoms with Crippen molar-refractivity contribution in [1.82, 2.24) is 19.2 Å². The van der Waals surface area contributed by atoms with Gasteiger partial charge in [-0.05, 0) is 36.4 Å². The van der Waals surface area contributed by atoms with E-state index in [1.807, 2.05) is 0 Å². The van der Waals surface area contributed by atoms with E-state index in [1.54, 1.807) is 35.7 Å². The first-order valence-electron chi connectivity index (χ1n) is 7.98. The van der Waals surface area contributed by atoms with Crippen LogP contribution in [-0.2, 0) is 19.8 Å². The van der Waals surface area contributed by atoms with Crippen molar-refractivity contribution in [3.8, 4) is 5.75 Å². The first kappa shape index (κ1) is 17.1. The molecule has 9 heteroatoms. The van der Waals surface area contributed by atoms with Gasteiger partial charge in [0.25, 0.3) is 5.56 Å². The summed E-state index contributed by atoms with van der Waals surface area (Å²) in [6.07, 6.45) is -4.40. The molecule has 0 aliphatic rings. The molecule has 4 rings (SSSR count). The van der Waals surface area contributed by atoms with Crippen LogP contribution >= 0.6 is 0 Å². The second-order valence-corrected chi connectivity index (χ2v) is 5.94. The number of alkyl halides is 3. The Kier molecular flexibility index (Phi) is 3.87. The average Bonchev–Trinajstić information content (AvgIpc) is 3.08. The third kappa shape index (κ3) is 2.90. The molecule has 2 heterocycles. The summed E-state index contributed by atoms with van der Waals surface area (Å²) >= 11 is 0. The number of benzene rings is 2. The standard InChI is InChI=1S/C18H13F3N4O2/c1-24-16(26)13-4-2-3-5-14(13)25-15(22-23-17(24)25)10-27-12-8-6-11(7-9-12)18(19,20)21/h2-9H,10H2,1H3. The van der Waals surface area contributed by atoms with E-state index < -0.39 is 11.7 Å². The molecular weight excluding hydrogens is 361 g/mol. The Bertz CT molecular complexity index is 1190. The van der Waals surface area contributed by atoms with Gasteiger partial charge in [-0.2, -0.15) is 13.2 Å². The Morgan fingerprint density at radius 3 is 2.44 bits per heavy atom. The zero-order valence-electron chi connectivity index (χ0n) is 14.1. The van der Waals surface area contributed by atoms with Gasteiger partial charge < -0.3 is 4.74 Å². The molecule has 0 bridgehead atoms. The van der Waals surface area contributed by atoms with E-state index >= 15 is 0 Å². The van der Waals surface area contributed by atoms with Gasteiger partial charge in [0, 0.05) is 7.05 Å². The van der Waals surface area contributed by atoms with Gasteiger partial charge in [0.2, 0.25) is 5.78 Å². The lowest BCUT2D eigenvalue weighted by Crippen LogP contribution is -2.20. The highest BCUT2D eigenvalue weighted by Gasteiger charge is 2.30. The maximum Gasteiger partial charge on any atom is 0.416 e. The average molecular weight is 374 g/mol. The summed E-state index contributed by atoms with van der Waals surface area (Å²) in [4.78, 5) is 12.4. The van der Waals surface area contributed by atoms with Crippen LogP contribution in [-0.4, -0.2) is 19.2 Å². The summed E-state index contributed by atoms with van der Waals surface area (Å²) in [7, 11) is 1.60. The van der Waals surface area contributed by atoms with Crippen LogP contribution in [0.3, 0.4) is 0 Å². The van der Waals surface area contributed by atoms with Crippen LogP contribution < -0.4 is 10.3 Å². The number of nitrogens with zero attached hydrogens (tertiary/aromatic N) is 4. The fourth-order valence-corrected chi connectivity index (χ4v) is 2.87. The molecule has 0 aliphatic heterocycles. The summed E-state index contributed by atoms with van der Waals surface area (Å²) in [5.41, 5.74) is -0.309. The number of aromatic nitrogens is 4. The third-order valence-corrected chi connectivity index (χ3v) is 4.24. The van der Waals surface area contributed by atoms with Crippen LogP contribution in [0.15, 0.2) is 53.3 Å². The fraction of sp³-hybridized carbons (Fsp3) is 0.167. The number of hydrogen-bond donors (Lipinski definition) is 0. The van der Waals surface area contributed by atoms with Gasteiger partial charge in [0.1, 0.15) is 12.4 Å². The van der Waals surface area contributed by atoms with Crippen LogP contribution in [0.5, 0.6) is 5.75 Å². The molecule has 0 spiro atoms. The highest BCUT2D eigenvalue weighted by atomic mass is 19.4. The van der Waals surface area contributed by atoms with Crippen LogP contribution in [0.1, 0.15) is 11.4 Å². The summed E-state index contributed by atoms with van der Waals surface area (Å²) in [5.74, 6) is 1.05. The molecule has 0 saturated heterocycles. The van der Waals surface area contributed by atoms with E-state index in [1.165, 1.54) is 16.7 Å². The second-order valence-electron chi connectivity index (χ2n) is 5.94. The van der Waals surface area contributed by atoms with Crippen molar-refractivity contribution in [3.63, 3.8) is 0 Å². The van der Waals surface area contributed by atoms with E-state index in [-0.39, 0.29) is 17.9 Å². The summed E-state index contributed by atoms with van der Waals surface area (Å²) in [6.45, 7) is -0.0191. The van der Waals surface area contributed by atoms with E-state index in [9.17, 15) is 18.0 Å². The number of para-hydroxylation sites is 1. The minimum atomic E-state index is -4.40. The van der Waals surface area contributed by atoms with Gasteiger partial charge >= 0.3 is 6.18 Å². The Morgan fingerprint density at radius 1 is 1.04 bits per heavy atom. The molecule has 0 fully saturated rings. The number of halogens is 3. The molecular formula is C18H13F3N4O2. The van der Waals surface area contributed by atoms with Crippen molar-refractivity contribution >= 4 is 16.7 Å². The predicted octanol–water partition coefficient (Wildman–Crippen LogP) is 3.18. The highest BCUT2D eigenvalue weighted by Crippen LogP contribution is 2.30. The number of fused-ring (bicyclic) bond motifs is 3. The maximum atomic E-state index is 12.6. The first-order chi connectivity index (χ1) is 12.9. The first-order valence-corrected chi connectivity index (χ1v) is 7.98. The lowest BCUT2D eigenvalue weighted by atomic mass is 10.2. The van der Waals surface area contributed by atoms with Gasteiger partial charge in [-0.1, -0.05) is 12.1 Å². The zero-order chi connectivity index (χ0) is 19.2. The minimum Gasteiger partial charge on any atom is -0.486 e. The lowest BCUT2D eigenvalue weighted by molar-refractivity contribution is -0.137. The largest absolute Gasteiger partial charge is 0.486 e. The number of aryl methyl sites for hydroxylation is 1. The monoisotopic (exact) mass is 374 g/mol. The molecule has 0 unspecified atom stereocenters. The van der Waals surface area contributed by atoms with Gasteiger partial charge in [0.15, 0.2) is 5.82 Å². The van der Waals surface area contributed by atoms with E-state index in [4.69, 9.17) is 4.74 Å². The summed E-state index contributed by atoms with van der Waals surface area (Å²) < 4.78 is 46.5. The second kappa shape index (κ2) is 6.11. The van der Waals surface area contributed by atoms with Crippen LogP contribution in [0.25, 0.3) is 16.7 Å². The minimum absolute atomic E-state index is 0.0191. The molecule has 2 aromatic heterocycles. The van der Waals surface area contributed by atoms with E-state index in [2.05, 4.69) is 10.2 Å². The molecule has 27 heavy (non-hydrogen) atoms. The van der Waals surface area contributed by atoms with Crippen molar-refractivity contribution < 1.29 is 17.9 Å². The van der Waals surface area contributed by atoms with Crippen LogP contribution in [0.2, 0.25) is 0 Å². The zero-order valence-corrected chi connectivity index (χ0v) is 14.1. The Morgan fingerprint density at radius 2 is 1.74 bits per heavy atom. The quantitative estimate of drug-likeness (QED) is 0.553. The normalized spacial score (nSPS) is 12.0. The number of ether oxygens (including phenoxy) is 1. The molecule has 0 atom stereocenters. The lowest BCUT2D eigenvalue weighted by Gasteiger charge is -2.10. The molecule has 0 N–H and O–H groups in total. The van der Waals surface area contributed by atoms with Gasteiger partial charge in [-0.15, -0.1) is 10.2 Å². The Hall–Kier alpha value is -3.36. The Labute approximate surface area is 150 Å². The maximum absolute atomic E-state index is 12.6. The molecule has 138 valence electrons. The van der Waals surface area contributed by atoms with Crippen molar-refractivity contribution in [1.29, 1.82) is 0 Å². The fourth-order valence-electron chi connectivity index (χ4n) is 2.87. The summed E-state index contributed by atoms with van der Waals surface area (Å²) in [5, 5.41) is 8.61. The molecule has 2 aromatic carbocycles. The third-order valence-electron chi connectivity index (χ3n) is 4.24. The van der Waals surface area contributed by atoms with Crippen molar-refractivity contribution in [2.24, 2.45) is 7.05 Å². The molecule has 0 radical (unpaired) electrons. The van der Waals surface area contributed by atoms with Gasteiger partial charge in [-0.25, -0.2) is 0 Å². The molecule has 6 nitrogen and oxygen atoms in total. The van der Waals surface area contributed by atoms with E-state index in [0.29, 0.717) is 22.5 Å². The van der Waals surface area contributed by atoms with Crippen molar-refractivity contribution in [2.75, 3.05) is 0 Å².